The lowest BCUT2D eigenvalue weighted by atomic mass is 9.96. The van der Waals surface area contributed by atoms with Crippen molar-refractivity contribution in [3.05, 3.63) is 23.8 Å². The molecule has 3 unspecified atom stereocenters. The van der Waals surface area contributed by atoms with Crippen LogP contribution in [-0.2, 0) is 16.6 Å². The Bertz CT molecular complexity index is 630. The van der Waals surface area contributed by atoms with Crippen molar-refractivity contribution in [3.63, 3.8) is 0 Å². The molecule has 3 rings (SSSR count). The quantitative estimate of drug-likeness (QED) is 0.866. The summed E-state index contributed by atoms with van der Waals surface area (Å²) in [6.45, 7) is 0.251. The van der Waals surface area contributed by atoms with Gasteiger partial charge >= 0.3 is 0 Å². The van der Waals surface area contributed by atoms with Gasteiger partial charge in [-0.25, -0.2) is 13.1 Å². The highest BCUT2D eigenvalue weighted by atomic mass is 32.2. The van der Waals surface area contributed by atoms with E-state index >= 15 is 0 Å². The fraction of sp³-hybridized carbons (Fsp3) is 0.600. The van der Waals surface area contributed by atoms with Crippen LogP contribution in [0.25, 0.3) is 0 Å². The standard InChI is InChI=1S/C15H22N2O3S/c1-20-15-5-4-13(8-12(15)9-16)21(18,19)17-14-7-10-2-3-11(14)6-10/h4-5,8,10-11,14,17H,2-3,6-7,9,16H2,1H3. The molecule has 3 atom stereocenters. The molecule has 2 aliphatic rings. The minimum atomic E-state index is -3.48. The van der Waals surface area contributed by atoms with Gasteiger partial charge in [-0.05, 0) is 49.3 Å². The van der Waals surface area contributed by atoms with Crippen LogP contribution in [0.1, 0.15) is 31.2 Å². The number of ether oxygens (including phenoxy) is 1. The van der Waals surface area contributed by atoms with Crippen LogP contribution in [0, 0.1) is 11.8 Å². The highest BCUT2D eigenvalue weighted by Gasteiger charge is 2.41. The topological polar surface area (TPSA) is 81.4 Å². The third-order valence-electron chi connectivity index (χ3n) is 4.83. The lowest BCUT2D eigenvalue weighted by Gasteiger charge is -2.23. The summed E-state index contributed by atoms with van der Waals surface area (Å²) in [4.78, 5) is 0.270. The minimum Gasteiger partial charge on any atom is -0.496 e. The second kappa shape index (κ2) is 5.59. The molecular formula is C15H22N2O3S. The molecule has 0 radical (unpaired) electrons. The molecule has 5 nitrogen and oxygen atoms in total. The highest BCUT2D eigenvalue weighted by molar-refractivity contribution is 7.89. The smallest absolute Gasteiger partial charge is 0.240 e. The molecule has 0 aliphatic heterocycles. The van der Waals surface area contributed by atoms with E-state index < -0.39 is 10.0 Å². The molecule has 0 saturated heterocycles. The Hall–Kier alpha value is -1.11. The van der Waals surface area contributed by atoms with Gasteiger partial charge in [0.2, 0.25) is 10.0 Å². The van der Waals surface area contributed by atoms with Gasteiger partial charge in [0.05, 0.1) is 12.0 Å². The molecule has 1 aromatic carbocycles. The molecule has 2 fully saturated rings. The van der Waals surface area contributed by atoms with E-state index in [1.807, 2.05) is 0 Å². The number of methoxy groups -OCH3 is 1. The van der Waals surface area contributed by atoms with Crippen LogP contribution in [0.2, 0.25) is 0 Å². The van der Waals surface area contributed by atoms with Crippen LogP contribution in [0.15, 0.2) is 23.1 Å². The van der Waals surface area contributed by atoms with Crippen LogP contribution in [-0.4, -0.2) is 21.6 Å². The number of nitrogens with two attached hydrogens (primary N) is 1. The zero-order valence-corrected chi connectivity index (χ0v) is 13.0. The third kappa shape index (κ3) is 2.80. The maximum Gasteiger partial charge on any atom is 0.240 e. The van der Waals surface area contributed by atoms with Gasteiger partial charge < -0.3 is 10.5 Å². The average molecular weight is 310 g/mol. The van der Waals surface area contributed by atoms with Crippen molar-refractivity contribution >= 4 is 10.0 Å². The molecule has 3 N–H and O–H groups in total. The molecule has 116 valence electrons. The zero-order chi connectivity index (χ0) is 15.0. The molecule has 1 aromatic rings. The largest absolute Gasteiger partial charge is 0.496 e. The summed E-state index contributed by atoms with van der Waals surface area (Å²) in [6.07, 6.45) is 4.55. The lowest BCUT2D eigenvalue weighted by molar-refractivity contribution is 0.390. The predicted molar refractivity (Wildman–Crippen MR) is 80.4 cm³/mol. The molecule has 2 saturated carbocycles. The van der Waals surface area contributed by atoms with E-state index in [0.717, 1.165) is 12.8 Å². The summed E-state index contributed by atoms with van der Waals surface area (Å²) < 4.78 is 33.1. The second-order valence-electron chi connectivity index (χ2n) is 6.08. The van der Waals surface area contributed by atoms with Gasteiger partial charge in [0.25, 0.3) is 0 Å². The summed E-state index contributed by atoms with van der Waals surface area (Å²) in [7, 11) is -1.93. The fourth-order valence-corrected chi connectivity index (χ4v) is 5.11. The molecule has 2 bridgehead atoms. The number of benzene rings is 1. The van der Waals surface area contributed by atoms with E-state index in [1.165, 1.54) is 12.8 Å². The fourth-order valence-electron chi connectivity index (χ4n) is 3.74. The number of nitrogens with one attached hydrogen (secondary N) is 1. The SMILES string of the molecule is COc1ccc(S(=O)(=O)NC2CC3CCC2C3)cc1CN. The molecule has 0 spiro atoms. The van der Waals surface area contributed by atoms with Gasteiger partial charge in [-0.3, -0.25) is 0 Å². The summed E-state index contributed by atoms with van der Waals surface area (Å²) in [5.74, 6) is 1.84. The van der Waals surface area contributed by atoms with Crippen molar-refractivity contribution in [1.29, 1.82) is 0 Å². The van der Waals surface area contributed by atoms with Crippen molar-refractivity contribution in [2.24, 2.45) is 17.6 Å². The van der Waals surface area contributed by atoms with Crippen LogP contribution in [0.4, 0.5) is 0 Å². The van der Waals surface area contributed by atoms with Crippen LogP contribution < -0.4 is 15.2 Å². The normalized spacial score (nSPS) is 28.0. The summed E-state index contributed by atoms with van der Waals surface area (Å²) >= 11 is 0. The Morgan fingerprint density at radius 2 is 2.14 bits per heavy atom. The van der Waals surface area contributed by atoms with Crippen LogP contribution in [0.5, 0.6) is 5.75 Å². The van der Waals surface area contributed by atoms with Gasteiger partial charge in [0, 0.05) is 18.2 Å². The molecular weight excluding hydrogens is 288 g/mol. The Morgan fingerprint density at radius 1 is 1.33 bits per heavy atom. The maximum absolute atomic E-state index is 12.5. The Kier molecular flexibility index (Phi) is 3.94. The molecule has 21 heavy (non-hydrogen) atoms. The van der Waals surface area contributed by atoms with E-state index in [2.05, 4.69) is 4.72 Å². The summed E-state index contributed by atoms with van der Waals surface area (Å²) in [6, 6.07) is 4.94. The number of hydrogen-bond donors (Lipinski definition) is 2. The Labute approximate surface area is 125 Å². The maximum atomic E-state index is 12.5. The van der Waals surface area contributed by atoms with E-state index in [9.17, 15) is 8.42 Å². The van der Waals surface area contributed by atoms with E-state index in [0.29, 0.717) is 23.1 Å². The van der Waals surface area contributed by atoms with Gasteiger partial charge in [-0.1, -0.05) is 6.42 Å². The monoisotopic (exact) mass is 310 g/mol. The van der Waals surface area contributed by atoms with E-state index in [1.54, 1.807) is 25.3 Å². The van der Waals surface area contributed by atoms with Gasteiger partial charge in [0.1, 0.15) is 5.75 Å². The average Bonchev–Trinajstić information content (AvgIpc) is 3.08. The summed E-state index contributed by atoms with van der Waals surface area (Å²) in [5.41, 5.74) is 6.36. The van der Waals surface area contributed by atoms with Gasteiger partial charge in [-0.15, -0.1) is 0 Å². The van der Waals surface area contributed by atoms with E-state index in [4.69, 9.17) is 10.5 Å². The molecule has 0 aromatic heterocycles. The van der Waals surface area contributed by atoms with Gasteiger partial charge in [0.15, 0.2) is 0 Å². The van der Waals surface area contributed by atoms with Crippen molar-refractivity contribution in [1.82, 2.24) is 4.72 Å². The predicted octanol–water partition coefficient (Wildman–Crippen LogP) is 1.62. The first-order valence-electron chi connectivity index (χ1n) is 7.43. The lowest BCUT2D eigenvalue weighted by Crippen LogP contribution is -2.38. The Morgan fingerprint density at radius 3 is 2.71 bits per heavy atom. The first-order valence-corrected chi connectivity index (χ1v) is 8.91. The third-order valence-corrected chi connectivity index (χ3v) is 6.31. The highest BCUT2D eigenvalue weighted by Crippen LogP contribution is 2.44. The number of sulfonamides is 1. The molecule has 0 amide bonds. The first kappa shape index (κ1) is 14.8. The minimum absolute atomic E-state index is 0.0946. The van der Waals surface area contributed by atoms with Crippen LogP contribution >= 0.6 is 0 Å². The Balaban J connectivity index is 1.81. The van der Waals surface area contributed by atoms with Crippen LogP contribution in [0.3, 0.4) is 0 Å². The van der Waals surface area contributed by atoms with Crippen molar-refractivity contribution in [2.75, 3.05) is 7.11 Å². The molecule has 2 aliphatic carbocycles. The number of rotatable bonds is 5. The summed E-state index contributed by atoms with van der Waals surface area (Å²) in [5, 5.41) is 0. The first-order chi connectivity index (χ1) is 10.0. The van der Waals surface area contributed by atoms with Crippen molar-refractivity contribution in [2.45, 2.75) is 43.2 Å². The molecule has 0 heterocycles. The molecule has 6 heteroatoms. The number of hydrogen-bond acceptors (Lipinski definition) is 4. The zero-order valence-electron chi connectivity index (χ0n) is 12.2. The van der Waals surface area contributed by atoms with E-state index in [-0.39, 0.29) is 17.5 Å². The second-order valence-corrected chi connectivity index (χ2v) is 7.79. The van der Waals surface area contributed by atoms with Gasteiger partial charge in [-0.2, -0.15) is 0 Å². The van der Waals surface area contributed by atoms with Crippen molar-refractivity contribution in [3.8, 4) is 5.75 Å². The van der Waals surface area contributed by atoms with Crippen molar-refractivity contribution < 1.29 is 13.2 Å². The number of fused-ring (bicyclic) bond motifs is 2.